The van der Waals surface area contributed by atoms with Gasteiger partial charge >= 0.3 is 0 Å². The molecule has 0 saturated carbocycles. The summed E-state index contributed by atoms with van der Waals surface area (Å²) >= 11 is 0. The molecular weight excluding hydrogens is 251 g/mol. The zero-order valence-corrected chi connectivity index (χ0v) is 10.6. The number of amides is 2. The van der Waals surface area contributed by atoms with E-state index in [4.69, 9.17) is 10.5 Å². The topological polar surface area (TPSA) is 72.6 Å². The summed E-state index contributed by atoms with van der Waals surface area (Å²) in [6.07, 6.45) is -0.799. The predicted octanol–water partition coefficient (Wildman–Crippen LogP) is 0.460. The summed E-state index contributed by atoms with van der Waals surface area (Å²) < 4.78 is 18.4. The van der Waals surface area contributed by atoms with Crippen LogP contribution in [0.25, 0.3) is 0 Å². The number of halogens is 1. The molecule has 0 aromatic heterocycles. The molecule has 1 aromatic rings. The van der Waals surface area contributed by atoms with E-state index in [1.807, 2.05) is 0 Å². The van der Waals surface area contributed by atoms with Crippen LogP contribution in [0.4, 0.5) is 4.39 Å². The van der Waals surface area contributed by atoms with Crippen molar-refractivity contribution < 1.29 is 18.7 Å². The Labute approximate surface area is 110 Å². The first-order valence-corrected chi connectivity index (χ1v) is 5.95. The average Bonchev–Trinajstić information content (AvgIpc) is 2.41. The summed E-state index contributed by atoms with van der Waals surface area (Å²) in [6, 6.07) is 4.05. The van der Waals surface area contributed by atoms with Crippen molar-refractivity contribution >= 4 is 11.8 Å². The fourth-order valence-corrected chi connectivity index (χ4v) is 2.00. The molecule has 1 aromatic carbocycles. The largest absolute Gasteiger partial charge is 0.367 e. The van der Waals surface area contributed by atoms with Crippen LogP contribution in [0.1, 0.15) is 15.9 Å². The van der Waals surface area contributed by atoms with Gasteiger partial charge in [-0.05, 0) is 24.6 Å². The number of primary amides is 1. The molecule has 2 N–H and O–H groups in total. The molecule has 1 aliphatic heterocycles. The standard InChI is InChI=1S/C13H15FN2O3/c1-8-2-3-9(14)6-10(8)13(18)16-4-5-19-11(7-16)12(15)17/h2-3,6,11H,4-5,7H2,1H3,(H2,15,17). The second-order valence-corrected chi connectivity index (χ2v) is 4.47. The number of carbonyl (C=O) groups is 2. The molecule has 19 heavy (non-hydrogen) atoms. The number of aryl methyl sites for hydroxylation is 1. The first-order chi connectivity index (χ1) is 8.99. The van der Waals surface area contributed by atoms with Crippen LogP contribution in [0.5, 0.6) is 0 Å². The minimum atomic E-state index is -0.799. The Morgan fingerprint density at radius 1 is 1.47 bits per heavy atom. The summed E-state index contributed by atoms with van der Waals surface area (Å²) in [7, 11) is 0. The molecule has 1 atom stereocenters. The maximum atomic E-state index is 13.2. The molecule has 102 valence electrons. The number of nitrogens with two attached hydrogens (primary N) is 1. The van der Waals surface area contributed by atoms with Gasteiger partial charge in [0, 0.05) is 12.1 Å². The summed E-state index contributed by atoms with van der Waals surface area (Å²) in [5, 5.41) is 0. The molecule has 0 aliphatic carbocycles. The van der Waals surface area contributed by atoms with Crippen molar-refractivity contribution in [2.24, 2.45) is 5.73 Å². The van der Waals surface area contributed by atoms with Gasteiger partial charge in [0.15, 0.2) is 6.10 Å². The molecule has 6 heteroatoms. The molecule has 2 amide bonds. The normalized spacial score (nSPS) is 19.3. The third-order valence-corrected chi connectivity index (χ3v) is 3.10. The molecule has 5 nitrogen and oxygen atoms in total. The molecule has 1 fully saturated rings. The van der Waals surface area contributed by atoms with E-state index in [0.29, 0.717) is 17.7 Å². The lowest BCUT2D eigenvalue weighted by molar-refractivity contribution is -0.133. The lowest BCUT2D eigenvalue weighted by Gasteiger charge is -2.31. The third kappa shape index (κ3) is 2.90. The average molecular weight is 266 g/mol. The van der Waals surface area contributed by atoms with Crippen molar-refractivity contribution in [3.63, 3.8) is 0 Å². The van der Waals surface area contributed by atoms with E-state index in [1.165, 1.54) is 17.0 Å². The molecule has 0 radical (unpaired) electrons. The molecule has 1 aliphatic rings. The molecule has 1 saturated heterocycles. The zero-order valence-electron chi connectivity index (χ0n) is 10.6. The predicted molar refractivity (Wildman–Crippen MR) is 66.0 cm³/mol. The van der Waals surface area contributed by atoms with Gasteiger partial charge in [-0.1, -0.05) is 6.07 Å². The summed E-state index contributed by atoms with van der Waals surface area (Å²) in [5.74, 6) is -1.38. The lowest BCUT2D eigenvalue weighted by Crippen LogP contribution is -2.50. The number of nitrogens with zero attached hydrogens (tertiary/aromatic N) is 1. The summed E-state index contributed by atoms with van der Waals surface area (Å²) in [5.41, 5.74) is 6.15. The van der Waals surface area contributed by atoms with Gasteiger partial charge in [0.25, 0.3) is 5.91 Å². The van der Waals surface area contributed by atoms with Gasteiger partial charge in [-0.25, -0.2) is 4.39 Å². The van der Waals surface area contributed by atoms with Crippen LogP contribution in [0.3, 0.4) is 0 Å². The van der Waals surface area contributed by atoms with Gasteiger partial charge in [0.05, 0.1) is 13.2 Å². The van der Waals surface area contributed by atoms with Crippen molar-refractivity contribution in [1.29, 1.82) is 0 Å². The fourth-order valence-electron chi connectivity index (χ4n) is 2.00. The Bertz CT molecular complexity index is 519. The van der Waals surface area contributed by atoms with Crippen LogP contribution in [0.15, 0.2) is 18.2 Å². The number of rotatable bonds is 2. The van der Waals surface area contributed by atoms with Crippen LogP contribution in [-0.4, -0.2) is 42.5 Å². The highest BCUT2D eigenvalue weighted by atomic mass is 19.1. The SMILES string of the molecule is Cc1ccc(F)cc1C(=O)N1CCOC(C(N)=O)C1. The van der Waals surface area contributed by atoms with Crippen molar-refractivity contribution in [3.05, 3.63) is 35.1 Å². The van der Waals surface area contributed by atoms with Crippen molar-refractivity contribution in [3.8, 4) is 0 Å². The van der Waals surface area contributed by atoms with Gasteiger partial charge in [-0.2, -0.15) is 0 Å². The number of hydrogen-bond acceptors (Lipinski definition) is 3. The number of carbonyl (C=O) groups excluding carboxylic acids is 2. The molecule has 1 heterocycles. The van der Waals surface area contributed by atoms with Crippen molar-refractivity contribution in [2.75, 3.05) is 19.7 Å². The van der Waals surface area contributed by atoms with Gasteiger partial charge in [-0.3, -0.25) is 9.59 Å². The van der Waals surface area contributed by atoms with Gasteiger partial charge < -0.3 is 15.4 Å². The smallest absolute Gasteiger partial charge is 0.254 e. The Hall–Kier alpha value is -1.95. The first kappa shape index (κ1) is 13.5. The number of hydrogen-bond donors (Lipinski definition) is 1. The maximum Gasteiger partial charge on any atom is 0.254 e. The fraction of sp³-hybridized carbons (Fsp3) is 0.385. The van der Waals surface area contributed by atoms with Crippen LogP contribution in [-0.2, 0) is 9.53 Å². The van der Waals surface area contributed by atoms with E-state index in [0.717, 1.165) is 0 Å². The molecule has 0 bridgehead atoms. The van der Waals surface area contributed by atoms with E-state index in [-0.39, 0.29) is 19.1 Å². The number of morpholine rings is 1. The van der Waals surface area contributed by atoms with E-state index in [2.05, 4.69) is 0 Å². The number of ether oxygens (including phenoxy) is 1. The lowest BCUT2D eigenvalue weighted by atomic mass is 10.1. The quantitative estimate of drug-likeness (QED) is 0.845. The molecule has 2 rings (SSSR count). The monoisotopic (exact) mass is 266 g/mol. The minimum absolute atomic E-state index is 0.101. The second-order valence-electron chi connectivity index (χ2n) is 4.47. The summed E-state index contributed by atoms with van der Waals surface area (Å²) in [6.45, 7) is 2.44. The van der Waals surface area contributed by atoms with Crippen LogP contribution in [0.2, 0.25) is 0 Å². The highest BCUT2D eigenvalue weighted by Gasteiger charge is 2.28. The summed E-state index contributed by atoms with van der Waals surface area (Å²) in [4.78, 5) is 24.8. The van der Waals surface area contributed by atoms with Crippen LogP contribution < -0.4 is 5.73 Å². The van der Waals surface area contributed by atoms with Gasteiger partial charge in [0.1, 0.15) is 5.82 Å². The Kier molecular flexibility index (Phi) is 3.80. The van der Waals surface area contributed by atoms with E-state index >= 15 is 0 Å². The van der Waals surface area contributed by atoms with Gasteiger partial charge in [0.2, 0.25) is 5.91 Å². The Balaban J connectivity index is 2.19. The van der Waals surface area contributed by atoms with E-state index in [1.54, 1.807) is 13.0 Å². The van der Waals surface area contributed by atoms with E-state index < -0.39 is 17.8 Å². The molecule has 0 spiro atoms. The Morgan fingerprint density at radius 2 is 2.21 bits per heavy atom. The highest BCUT2D eigenvalue weighted by molar-refractivity contribution is 5.96. The van der Waals surface area contributed by atoms with Crippen molar-refractivity contribution in [1.82, 2.24) is 4.90 Å². The zero-order chi connectivity index (χ0) is 14.0. The van der Waals surface area contributed by atoms with E-state index in [9.17, 15) is 14.0 Å². The van der Waals surface area contributed by atoms with Crippen molar-refractivity contribution in [2.45, 2.75) is 13.0 Å². The second kappa shape index (κ2) is 5.36. The maximum absolute atomic E-state index is 13.2. The molecular formula is C13H15FN2O3. The highest BCUT2D eigenvalue weighted by Crippen LogP contribution is 2.15. The Morgan fingerprint density at radius 3 is 2.89 bits per heavy atom. The number of benzene rings is 1. The molecule has 1 unspecified atom stereocenters. The van der Waals surface area contributed by atoms with Crippen LogP contribution >= 0.6 is 0 Å². The minimum Gasteiger partial charge on any atom is -0.367 e. The van der Waals surface area contributed by atoms with Gasteiger partial charge in [-0.15, -0.1) is 0 Å². The third-order valence-electron chi connectivity index (χ3n) is 3.10. The first-order valence-electron chi connectivity index (χ1n) is 5.95. The van der Waals surface area contributed by atoms with Crippen LogP contribution in [0, 0.1) is 12.7 Å².